The molecule has 0 spiro atoms. The van der Waals surface area contributed by atoms with Crippen molar-refractivity contribution in [2.75, 3.05) is 6.54 Å². The van der Waals surface area contributed by atoms with Crippen molar-refractivity contribution in [1.29, 1.82) is 0 Å². The zero-order chi connectivity index (χ0) is 19.3. The van der Waals surface area contributed by atoms with Crippen LogP contribution in [-0.2, 0) is 14.1 Å². The number of carbonyl (C=O) groups is 2. The Morgan fingerprint density at radius 2 is 1.81 bits per heavy atom. The fourth-order valence-corrected chi connectivity index (χ4v) is 4.53. The number of rotatable bonds is 3. The van der Waals surface area contributed by atoms with Crippen LogP contribution in [0.1, 0.15) is 59.8 Å². The number of nitrogens with zero attached hydrogens (tertiary/aromatic N) is 1. The van der Waals surface area contributed by atoms with Gasteiger partial charge in [-0.1, -0.05) is 6.08 Å². The third-order valence-corrected chi connectivity index (χ3v) is 6.79. The van der Waals surface area contributed by atoms with Gasteiger partial charge in [0.05, 0.1) is 11.2 Å². The van der Waals surface area contributed by atoms with Gasteiger partial charge in [-0.2, -0.15) is 0 Å². The van der Waals surface area contributed by atoms with Crippen LogP contribution in [0.5, 0.6) is 0 Å². The van der Waals surface area contributed by atoms with E-state index < -0.39 is 17.5 Å². The van der Waals surface area contributed by atoms with Crippen molar-refractivity contribution in [2.45, 2.75) is 76.5 Å². The van der Waals surface area contributed by atoms with Crippen LogP contribution in [0.2, 0.25) is 0 Å². The molecule has 0 aromatic carbocycles. The number of primary amides is 2. The van der Waals surface area contributed by atoms with Gasteiger partial charge in [0.1, 0.15) is 5.54 Å². The van der Waals surface area contributed by atoms with Crippen molar-refractivity contribution in [3.05, 3.63) is 11.5 Å². The molecule has 0 bridgehead atoms. The van der Waals surface area contributed by atoms with Crippen LogP contribution < -0.4 is 11.5 Å². The van der Waals surface area contributed by atoms with Crippen LogP contribution in [0.15, 0.2) is 11.5 Å². The Bertz CT molecular complexity index is 632. The molecule has 1 aliphatic carbocycles. The molecule has 2 heterocycles. The van der Waals surface area contributed by atoms with E-state index in [9.17, 15) is 9.59 Å². The molecule has 26 heavy (non-hydrogen) atoms. The largest absolute Gasteiger partial charge is 0.490 e. The summed E-state index contributed by atoms with van der Waals surface area (Å²) in [6.45, 7) is 8.62. The van der Waals surface area contributed by atoms with Gasteiger partial charge in [-0.3, -0.25) is 4.79 Å². The molecule has 3 amide bonds. The van der Waals surface area contributed by atoms with Crippen LogP contribution in [0.4, 0.5) is 4.79 Å². The minimum Gasteiger partial charge on any atom is -0.400 e. The molecule has 4 N–H and O–H groups in total. The van der Waals surface area contributed by atoms with E-state index in [0.717, 1.165) is 24.7 Å². The Balaban J connectivity index is 1.79. The molecule has 2 fully saturated rings. The minimum absolute atomic E-state index is 0.0267. The molecule has 3 rings (SSSR count). The average molecular weight is 363 g/mol. The highest BCUT2D eigenvalue weighted by Crippen LogP contribution is 2.45. The molecule has 2 unspecified atom stereocenters. The fraction of sp³-hybridized carbons (Fsp3) is 0.778. The summed E-state index contributed by atoms with van der Waals surface area (Å²) in [6, 6.07) is -0.568. The topological polar surface area (TPSA) is 108 Å². The second-order valence-corrected chi connectivity index (χ2v) is 8.72. The Hall–Kier alpha value is -1.54. The van der Waals surface area contributed by atoms with E-state index in [4.69, 9.17) is 20.8 Å². The molecule has 2 atom stereocenters. The molecule has 0 aromatic rings. The molecule has 3 aliphatic rings. The first-order valence-electron chi connectivity index (χ1n) is 9.43. The van der Waals surface area contributed by atoms with Gasteiger partial charge in [-0.25, -0.2) is 4.79 Å². The van der Waals surface area contributed by atoms with Crippen molar-refractivity contribution >= 4 is 19.1 Å². The highest BCUT2D eigenvalue weighted by atomic mass is 16.7. The van der Waals surface area contributed by atoms with Crippen LogP contribution in [0.25, 0.3) is 0 Å². The van der Waals surface area contributed by atoms with E-state index in [1.54, 1.807) is 0 Å². The maximum atomic E-state index is 12.3. The maximum absolute atomic E-state index is 12.3. The first-order valence-corrected chi connectivity index (χ1v) is 9.43. The van der Waals surface area contributed by atoms with Crippen LogP contribution in [0, 0.1) is 5.92 Å². The first-order chi connectivity index (χ1) is 12.0. The fourth-order valence-electron chi connectivity index (χ4n) is 4.53. The summed E-state index contributed by atoms with van der Waals surface area (Å²) in [6.07, 6.45) is 5.59. The summed E-state index contributed by atoms with van der Waals surface area (Å²) >= 11 is 0. The van der Waals surface area contributed by atoms with Crippen molar-refractivity contribution in [1.82, 2.24) is 4.90 Å². The molecular formula is C18H30BN3O4. The smallest absolute Gasteiger partial charge is 0.400 e. The zero-order valence-corrected chi connectivity index (χ0v) is 16.2. The van der Waals surface area contributed by atoms with Crippen molar-refractivity contribution in [3.63, 3.8) is 0 Å². The van der Waals surface area contributed by atoms with Gasteiger partial charge in [-0.05, 0) is 71.2 Å². The standard InChI is InChI=1S/C18H30BN3O4/c1-16(2)17(3,4)26-19(25-16)13-8-6-12(7-9-13)18(14(20)23)10-5-11-22(18)15(21)24/h8,12H,5-7,9-11H2,1-4H3,(H2,20,23)(H2,21,24). The molecule has 2 saturated heterocycles. The second-order valence-electron chi connectivity index (χ2n) is 8.72. The third kappa shape index (κ3) is 2.83. The molecule has 7 nitrogen and oxygen atoms in total. The van der Waals surface area contributed by atoms with Crippen LogP contribution in [0.3, 0.4) is 0 Å². The number of hydrogen-bond donors (Lipinski definition) is 2. The SMILES string of the molecule is CC1(C)OB(C2=CCC(C3(C(N)=O)CCCN3C(N)=O)CC2)OC1(C)C. The summed E-state index contributed by atoms with van der Waals surface area (Å²) in [5, 5.41) is 0. The van der Waals surface area contributed by atoms with E-state index in [0.29, 0.717) is 19.4 Å². The quantitative estimate of drug-likeness (QED) is 0.745. The van der Waals surface area contributed by atoms with E-state index in [-0.39, 0.29) is 24.2 Å². The predicted octanol–water partition coefficient (Wildman–Crippen LogP) is 1.74. The number of allylic oxidation sites excluding steroid dienone is 2. The van der Waals surface area contributed by atoms with Gasteiger partial charge in [0.25, 0.3) is 0 Å². The van der Waals surface area contributed by atoms with Gasteiger partial charge >= 0.3 is 13.1 Å². The van der Waals surface area contributed by atoms with E-state index in [1.807, 2.05) is 27.7 Å². The number of likely N-dealkylation sites (tertiary alicyclic amines) is 1. The molecule has 144 valence electrons. The third-order valence-electron chi connectivity index (χ3n) is 6.79. The lowest BCUT2D eigenvalue weighted by molar-refractivity contribution is -0.130. The predicted molar refractivity (Wildman–Crippen MR) is 99.0 cm³/mol. The van der Waals surface area contributed by atoms with Gasteiger partial charge in [0, 0.05) is 6.54 Å². The number of urea groups is 1. The zero-order valence-electron chi connectivity index (χ0n) is 16.2. The second kappa shape index (κ2) is 6.27. The van der Waals surface area contributed by atoms with Gasteiger partial charge in [-0.15, -0.1) is 0 Å². The molecule has 8 heteroatoms. The van der Waals surface area contributed by atoms with E-state index in [1.165, 1.54) is 4.90 Å². The highest BCUT2D eigenvalue weighted by Gasteiger charge is 2.55. The number of amides is 3. The molecule has 0 saturated carbocycles. The number of nitrogens with two attached hydrogens (primary N) is 2. The van der Waals surface area contributed by atoms with Gasteiger partial charge in [0.15, 0.2) is 0 Å². The van der Waals surface area contributed by atoms with Crippen LogP contribution in [-0.4, -0.2) is 47.2 Å². The Morgan fingerprint density at radius 3 is 2.27 bits per heavy atom. The van der Waals surface area contributed by atoms with Crippen LogP contribution >= 0.6 is 0 Å². The lowest BCUT2D eigenvalue weighted by Crippen LogP contribution is -2.61. The maximum Gasteiger partial charge on any atom is 0.490 e. The first kappa shape index (κ1) is 19.2. The Labute approximate surface area is 155 Å². The van der Waals surface area contributed by atoms with Gasteiger partial charge < -0.3 is 25.7 Å². The summed E-state index contributed by atoms with van der Waals surface area (Å²) in [4.78, 5) is 25.7. The summed E-state index contributed by atoms with van der Waals surface area (Å²) in [5.74, 6) is -0.479. The van der Waals surface area contributed by atoms with Crippen molar-refractivity contribution in [3.8, 4) is 0 Å². The Kier molecular flexibility index (Phi) is 4.64. The molecule has 2 aliphatic heterocycles. The molecule has 0 radical (unpaired) electrons. The minimum atomic E-state index is -0.968. The lowest BCUT2D eigenvalue weighted by atomic mass is 9.66. The van der Waals surface area contributed by atoms with E-state index in [2.05, 4.69) is 6.08 Å². The number of carbonyl (C=O) groups excluding carboxylic acids is 2. The Morgan fingerprint density at radius 1 is 1.19 bits per heavy atom. The summed E-state index contributed by atoms with van der Waals surface area (Å²) < 4.78 is 12.3. The molecular weight excluding hydrogens is 333 g/mol. The van der Waals surface area contributed by atoms with Gasteiger partial charge in [0.2, 0.25) is 5.91 Å². The van der Waals surface area contributed by atoms with Crippen molar-refractivity contribution < 1.29 is 18.9 Å². The summed E-state index contributed by atoms with van der Waals surface area (Å²) in [7, 11) is -0.360. The highest BCUT2D eigenvalue weighted by molar-refractivity contribution is 6.54. The normalized spacial score (nSPS) is 33.2. The number of hydrogen-bond acceptors (Lipinski definition) is 4. The monoisotopic (exact) mass is 363 g/mol. The lowest BCUT2D eigenvalue weighted by Gasteiger charge is -2.42. The average Bonchev–Trinajstić information content (AvgIpc) is 3.08. The summed E-state index contributed by atoms with van der Waals surface area (Å²) in [5.41, 5.74) is 10.7. The van der Waals surface area contributed by atoms with E-state index >= 15 is 0 Å². The van der Waals surface area contributed by atoms with Crippen molar-refractivity contribution in [2.24, 2.45) is 17.4 Å². The molecule has 0 aromatic heterocycles.